The van der Waals surface area contributed by atoms with Gasteiger partial charge in [-0.05, 0) is 31.1 Å². The molecule has 5 heteroatoms. The number of carbonyl (C=O) groups excluding carboxylic acids is 1. The van der Waals surface area contributed by atoms with E-state index in [-0.39, 0.29) is 18.1 Å². The van der Waals surface area contributed by atoms with Crippen LogP contribution in [0.5, 0.6) is 0 Å². The molecule has 2 aliphatic carbocycles. The molecule has 0 heterocycles. The molecule has 0 aromatic heterocycles. The van der Waals surface area contributed by atoms with Crippen molar-refractivity contribution in [3.05, 3.63) is 0 Å². The van der Waals surface area contributed by atoms with Gasteiger partial charge in [-0.2, -0.15) is 0 Å². The van der Waals surface area contributed by atoms with Crippen LogP contribution in [0.1, 0.15) is 52.4 Å². The van der Waals surface area contributed by atoms with Crippen LogP contribution in [0, 0.1) is 17.8 Å². The molecule has 0 spiro atoms. The van der Waals surface area contributed by atoms with E-state index in [1.165, 1.54) is 6.42 Å². The number of aliphatic carboxylic acids is 1. The third-order valence-electron chi connectivity index (χ3n) is 5.17. The first-order chi connectivity index (χ1) is 9.49. The minimum atomic E-state index is -0.799. The second-order valence-corrected chi connectivity index (χ2v) is 6.47. The van der Waals surface area contributed by atoms with Crippen LogP contribution in [0.4, 0.5) is 4.79 Å². The third-order valence-corrected chi connectivity index (χ3v) is 5.17. The van der Waals surface area contributed by atoms with Gasteiger partial charge >= 0.3 is 12.0 Å². The van der Waals surface area contributed by atoms with E-state index in [0.717, 1.165) is 25.7 Å². The summed E-state index contributed by atoms with van der Waals surface area (Å²) >= 11 is 0. The Morgan fingerprint density at radius 1 is 0.950 bits per heavy atom. The lowest BCUT2D eigenvalue weighted by Crippen LogP contribution is -2.51. The zero-order chi connectivity index (χ0) is 14.7. The third kappa shape index (κ3) is 3.44. The quantitative estimate of drug-likeness (QED) is 0.743. The first kappa shape index (κ1) is 15.1. The molecule has 114 valence electrons. The summed E-state index contributed by atoms with van der Waals surface area (Å²) in [5, 5.41) is 15.0. The molecule has 5 atom stereocenters. The molecule has 2 amide bonds. The molecule has 3 N–H and O–H groups in total. The van der Waals surface area contributed by atoms with Crippen molar-refractivity contribution in [2.45, 2.75) is 64.5 Å². The van der Waals surface area contributed by atoms with Gasteiger partial charge in [-0.1, -0.05) is 33.1 Å². The van der Waals surface area contributed by atoms with Crippen molar-refractivity contribution in [1.29, 1.82) is 0 Å². The maximum absolute atomic E-state index is 12.1. The summed E-state index contributed by atoms with van der Waals surface area (Å²) in [6, 6.07) is -0.207. The molecule has 0 saturated heterocycles. The summed E-state index contributed by atoms with van der Waals surface area (Å²) in [4.78, 5) is 23.2. The lowest BCUT2D eigenvalue weighted by molar-refractivity contribution is -0.142. The summed E-state index contributed by atoms with van der Waals surface area (Å²) in [7, 11) is 0. The Morgan fingerprint density at radius 3 is 2.25 bits per heavy atom. The minimum absolute atomic E-state index is 0.200. The van der Waals surface area contributed by atoms with Crippen LogP contribution in [-0.2, 0) is 4.79 Å². The zero-order valence-corrected chi connectivity index (χ0v) is 12.4. The maximum Gasteiger partial charge on any atom is 0.315 e. The highest BCUT2D eigenvalue weighted by Crippen LogP contribution is 2.30. The van der Waals surface area contributed by atoms with Gasteiger partial charge in [0.15, 0.2) is 0 Å². The first-order valence-electron chi connectivity index (χ1n) is 7.79. The Labute approximate surface area is 120 Å². The van der Waals surface area contributed by atoms with E-state index in [0.29, 0.717) is 18.3 Å². The predicted molar refractivity (Wildman–Crippen MR) is 76.4 cm³/mol. The molecule has 0 aliphatic heterocycles. The summed E-state index contributed by atoms with van der Waals surface area (Å²) in [5.74, 6) is -0.114. The molecule has 2 aliphatic rings. The van der Waals surface area contributed by atoms with Gasteiger partial charge in [0.25, 0.3) is 0 Å². The van der Waals surface area contributed by atoms with Crippen molar-refractivity contribution in [2.75, 3.05) is 0 Å². The highest BCUT2D eigenvalue weighted by molar-refractivity contribution is 5.77. The van der Waals surface area contributed by atoms with Crippen molar-refractivity contribution in [3.63, 3.8) is 0 Å². The lowest BCUT2D eigenvalue weighted by Gasteiger charge is -2.35. The standard InChI is InChI=1S/C15H26N2O3/c1-9-5-3-7-12(10(9)2)16-15(20)17-13-8-4-6-11(13)14(18)19/h9-13H,3-8H2,1-2H3,(H,18,19)(H2,16,17,20). The number of rotatable bonds is 3. The average molecular weight is 282 g/mol. The molecule has 0 aromatic carbocycles. The predicted octanol–water partition coefficient (Wildman–Crippen LogP) is 2.36. The van der Waals surface area contributed by atoms with Gasteiger partial charge in [-0.15, -0.1) is 0 Å². The van der Waals surface area contributed by atoms with Crippen LogP contribution in [0.3, 0.4) is 0 Å². The summed E-state index contributed by atoms with van der Waals surface area (Å²) in [6.07, 6.45) is 5.70. The summed E-state index contributed by atoms with van der Waals surface area (Å²) in [6.45, 7) is 4.41. The van der Waals surface area contributed by atoms with E-state index < -0.39 is 11.9 Å². The summed E-state index contributed by atoms with van der Waals surface area (Å²) in [5.41, 5.74) is 0. The van der Waals surface area contributed by atoms with Gasteiger partial charge in [0.2, 0.25) is 0 Å². The van der Waals surface area contributed by atoms with Crippen molar-refractivity contribution >= 4 is 12.0 Å². The first-order valence-corrected chi connectivity index (χ1v) is 7.79. The Hall–Kier alpha value is -1.26. The Bertz CT molecular complexity index is 372. The van der Waals surface area contributed by atoms with Crippen molar-refractivity contribution in [3.8, 4) is 0 Å². The van der Waals surface area contributed by atoms with Gasteiger partial charge in [0.05, 0.1) is 5.92 Å². The number of nitrogens with one attached hydrogen (secondary N) is 2. The highest BCUT2D eigenvalue weighted by Gasteiger charge is 2.35. The van der Waals surface area contributed by atoms with Crippen molar-refractivity contribution in [2.24, 2.45) is 17.8 Å². The molecule has 2 fully saturated rings. The second kappa shape index (κ2) is 6.46. The molecule has 2 rings (SSSR count). The molecule has 20 heavy (non-hydrogen) atoms. The Balaban J connectivity index is 1.84. The van der Waals surface area contributed by atoms with Crippen LogP contribution in [0.2, 0.25) is 0 Å². The van der Waals surface area contributed by atoms with Gasteiger partial charge in [-0.3, -0.25) is 4.79 Å². The molecule has 0 bridgehead atoms. The van der Waals surface area contributed by atoms with Crippen LogP contribution in [0.25, 0.3) is 0 Å². The fraction of sp³-hybridized carbons (Fsp3) is 0.867. The summed E-state index contributed by atoms with van der Waals surface area (Å²) < 4.78 is 0. The molecule has 0 radical (unpaired) electrons. The molecule has 2 saturated carbocycles. The van der Waals surface area contributed by atoms with Gasteiger partial charge in [0.1, 0.15) is 0 Å². The van der Waals surface area contributed by atoms with Crippen molar-refractivity contribution < 1.29 is 14.7 Å². The van der Waals surface area contributed by atoms with Crippen LogP contribution in [0.15, 0.2) is 0 Å². The molecular formula is C15H26N2O3. The second-order valence-electron chi connectivity index (χ2n) is 6.47. The smallest absolute Gasteiger partial charge is 0.315 e. The number of hydrogen-bond donors (Lipinski definition) is 3. The zero-order valence-electron chi connectivity index (χ0n) is 12.4. The highest BCUT2D eigenvalue weighted by atomic mass is 16.4. The molecule has 0 aromatic rings. The minimum Gasteiger partial charge on any atom is -0.481 e. The fourth-order valence-corrected chi connectivity index (χ4v) is 3.59. The number of hydrogen-bond acceptors (Lipinski definition) is 2. The molecule has 5 unspecified atom stereocenters. The van der Waals surface area contributed by atoms with Crippen molar-refractivity contribution in [1.82, 2.24) is 10.6 Å². The van der Waals surface area contributed by atoms with E-state index in [1.54, 1.807) is 0 Å². The topological polar surface area (TPSA) is 78.4 Å². The number of carboxylic acids is 1. The Morgan fingerprint density at radius 2 is 1.55 bits per heavy atom. The van der Waals surface area contributed by atoms with E-state index >= 15 is 0 Å². The largest absolute Gasteiger partial charge is 0.481 e. The fourth-order valence-electron chi connectivity index (χ4n) is 3.59. The van der Waals surface area contributed by atoms with E-state index in [9.17, 15) is 9.59 Å². The number of urea groups is 1. The molecular weight excluding hydrogens is 256 g/mol. The van der Waals surface area contributed by atoms with Crippen LogP contribution in [-0.4, -0.2) is 29.2 Å². The van der Waals surface area contributed by atoms with E-state index in [1.807, 2.05) is 0 Å². The van der Waals surface area contributed by atoms with Gasteiger partial charge in [-0.25, -0.2) is 4.79 Å². The Kier molecular flexibility index (Phi) is 4.89. The van der Waals surface area contributed by atoms with Gasteiger partial charge in [0, 0.05) is 12.1 Å². The number of amides is 2. The monoisotopic (exact) mass is 282 g/mol. The molecule has 5 nitrogen and oxygen atoms in total. The number of carbonyl (C=O) groups is 2. The number of carboxylic acid groups (broad SMARTS) is 1. The average Bonchev–Trinajstić information content (AvgIpc) is 2.83. The maximum atomic E-state index is 12.1. The van der Waals surface area contributed by atoms with E-state index in [2.05, 4.69) is 24.5 Å². The van der Waals surface area contributed by atoms with Crippen LogP contribution < -0.4 is 10.6 Å². The van der Waals surface area contributed by atoms with E-state index in [4.69, 9.17) is 5.11 Å². The lowest BCUT2D eigenvalue weighted by atomic mass is 9.78. The SMILES string of the molecule is CC1CCCC(NC(=O)NC2CCCC2C(=O)O)C1C. The normalized spacial score (nSPS) is 37.4. The van der Waals surface area contributed by atoms with Gasteiger partial charge < -0.3 is 15.7 Å². The van der Waals surface area contributed by atoms with Crippen LogP contribution >= 0.6 is 0 Å².